The van der Waals surface area contributed by atoms with Gasteiger partial charge in [0.15, 0.2) is 28.6 Å². The van der Waals surface area contributed by atoms with Gasteiger partial charge in [0.25, 0.3) is 0 Å². The van der Waals surface area contributed by atoms with Gasteiger partial charge in [0, 0.05) is 13.0 Å². The highest BCUT2D eigenvalue weighted by Crippen LogP contribution is 2.28. The molecule has 0 atom stereocenters. The Kier molecular flexibility index (Phi) is 5.74. The van der Waals surface area contributed by atoms with Crippen molar-refractivity contribution >= 4 is 17.0 Å². The molecule has 0 amide bonds. The van der Waals surface area contributed by atoms with Crippen molar-refractivity contribution in [1.29, 1.82) is 0 Å². The molecule has 0 aliphatic rings. The number of benzene rings is 1. The molecular weight excluding hydrogens is 366 g/mol. The van der Waals surface area contributed by atoms with E-state index in [1.54, 1.807) is 6.26 Å². The summed E-state index contributed by atoms with van der Waals surface area (Å²) >= 11 is 0. The number of unbranched alkanes of at least 4 members (excludes halogenated alkanes) is 2. The Balaban J connectivity index is 1.62. The van der Waals surface area contributed by atoms with E-state index in [-0.39, 0.29) is 6.01 Å². The summed E-state index contributed by atoms with van der Waals surface area (Å²) in [7, 11) is 0. The SMILES string of the molecule is CCCCCn1c(-c2ccco2)nc2c(N)nc(OCCc3ccccc3)nc21. The molecular formula is C22H25N5O2. The highest BCUT2D eigenvalue weighted by molar-refractivity contribution is 5.85. The van der Waals surface area contributed by atoms with Crippen LogP contribution in [0.3, 0.4) is 0 Å². The van der Waals surface area contributed by atoms with E-state index in [4.69, 9.17) is 14.9 Å². The molecule has 0 radical (unpaired) electrons. The van der Waals surface area contributed by atoms with Gasteiger partial charge in [0.1, 0.15) is 0 Å². The zero-order chi connectivity index (χ0) is 20.1. The van der Waals surface area contributed by atoms with E-state index in [9.17, 15) is 0 Å². The molecule has 7 heteroatoms. The maximum atomic E-state index is 6.19. The minimum atomic E-state index is 0.272. The molecule has 4 aromatic rings. The minimum Gasteiger partial charge on any atom is -0.463 e. The Hall–Kier alpha value is -3.35. The smallest absolute Gasteiger partial charge is 0.320 e. The number of nitrogen functional groups attached to an aromatic ring is 1. The Morgan fingerprint density at radius 2 is 1.90 bits per heavy atom. The van der Waals surface area contributed by atoms with E-state index in [1.807, 2.05) is 34.9 Å². The summed E-state index contributed by atoms with van der Waals surface area (Å²) in [5.41, 5.74) is 8.64. The van der Waals surface area contributed by atoms with Crippen LogP contribution >= 0.6 is 0 Å². The zero-order valence-electron chi connectivity index (χ0n) is 16.5. The number of furan rings is 1. The average Bonchev–Trinajstić information content (AvgIpc) is 3.38. The van der Waals surface area contributed by atoms with Gasteiger partial charge in [-0.25, -0.2) is 4.98 Å². The van der Waals surface area contributed by atoms with Crippen LogP contribution in [0.15, 0.2) is 53.1 Å². The monoisotopic (exact) mass is 391 g/mol. The van der Waals surface area contributed by atoms with Crippen LogP contribution in [0.1, 0.15) is 31.7 Å². The van der Waals surface area contributed by atoms with Gasteiger partial charge in [-0.05, 0) is 24.1 Å². The standard InChI is InChI=1S/C22H25N5O2/c1-2-3-7-13-27-20(17-11-8-14-28-17)24-18-19(23)25-22(26-21(18)27)29-15-12-16-9-5-4-6-10-16/h4-6,8-11,14H,2-3,7,12-13,15H2,1H3,(H2,23,25,26). The van der Waals surface area contributed by atoms with Crippen LogP contribution in [0.5, 0.6) is 6.01 Å². The van der Waals surface area contributed by atoms with Crippen molar-refractivity contribution in [3.05, 3.63) is 54.3 Å². The predicted molar refractivity (Wildman–Crippen MR) is 113 cm³/mol. The number of nitrogens with two attached hydrogens (primary N) is 1. The molecule has 150 valence electrons. The van der Waals surface area contributed by atoms with Gasteiger partial charge in [-0.2, -0.15) is 9.97 Å². The lowest BCUT2D eigenvalue weighted by atomic mass is 10.2. The first kappa shape index (κ1) is 19.0. The van der Waals surface area contributed by atoms with E-state index >= 15 is 0 Å². The first-order chi connectivity index (χ1) is 14.3. The van der Waals surface area contributed by atoms with Gasteiger partial charge in [0.2, 0.25) is 0 Å². The largest absolute Gasteiger partial charge is 0.463 e. The van der Waals surface area contributed by atoms with Gasteiger partial charge in [-0.3, -0.25) is 0 Å². The van der Waals surface area contributed by atoms with Crippen LogP contribution in [0.4, 0.5) is 5.82 Å². The normalized spacial score (nSPS) is 11.2. The third kappa shape index (κ3) is 4.23. The molecule has 7 nitrogen and oxygen atoms in total. The Bertz CT molecular complexity index is 1060. The van der Waals surface area contributed by atoms with Crippen molar-refractivity contribution in [3.8, 4) is 17.6 Å². The van der Waals surface area contributed by atoms with Crippen molar-refractivity contribution < 1.29 is 9.15 Å². The lowest BCUT2D eigenvalue weighted by Gasteiger charge is -2.08. The number of imidazole rings is 1. The highest BCUT2D eigenvalue weighted by atomic mass is 16.5. The Morgan fingerprint density at radius 1 is 1.03 bits per heavy atom. The van der Waals surface area contributed by atoms with Gasteiger partial charge in [-0.1, -0.05) is 50.1 Å². The summed E-state index contributed by atoms with van der Waals surface area (Å²) in [4.78, 5) is 13.6. The second kappa shape index (κ2) is 8.77. The number of aromatic nitrogens is 4. The molecule has 0 fully saturated rings. The van der Waals surface area contributed by atoms with E-state index in [0.29, 0.717) is 35.2 Å². The summed E-state index contributed by atoms with van der Waals surface area (Å²) in [6.07, 6.45) is 5.68. The zero-order valence-corrected chi connectivity index (χ0v) is 16.5. The summed E-state index contributed by atoms with van der Waals surface area (Å²) < 4.78 is 13.4. The van der Waals surface area contributed by atoms with Crippen LogP contribution < -0.4 is 10.5 Å². The molecule has 4 rings (SSSR count). The molecule has 0 aliphatic heterocycles. The van der Waals surface area contributed by atoms with Gasteiger partial charge in [-0.15, -0.1) is 0 Å². The number of aryl methyl sites for hydroxylation is 1. The van der Waals surface area contributed by atoms with Crippen LogP contribution in [0, 0.1) is 0 Å². The molecule has 0 spiro atoms. The summed E-state index contributed by atoms with van der Waals surface area (Å²) in [5, 5.41) is 0. The number of hydrogen-bond donors (Lipinski definition) is 1. The van der Waals surface area contributed by atoms with Crippen LogP contribution in [0.25, 0.3) is 22.7 Å². The highest BCUT2D eigenvalue weighted by Gasteiger charge is 2.19. The molecule has 3 aromatic heterocycles. The van der Waals surface area contributed by atoms with Gasteiger partial charge < -0.3 is 19.5 Å². The summed E-state index contributed by atoms with van der Waals surface area (Å²) in [6.45, 7) is 3.43. The fourth-order valence-corrected chi connectivity index (χ4v) is 3.30. The van der Waals surface area contributed by atoms with Crippen molar-refractivity contribution in [2.45, 2.75) is 39.2 Å². The van der Waals surface area contributed by atoms with E-state index in [1.165, 1.54) is 5.56 Å². The number of nitrogens with zero attached hydrogens (tertiary/aromatic N) is 4. The molecule has 0 unspecified atom stereocenters. The second-order valence-corrected chi connectivity index (χ2v) is 6.92. The van der Waals surface area contributed by atoms with Gasteiger partial charge >= 0.3 is 6.01 Å². The van der Waals surface area contributed by atoms with Crippen molar-refractivity contribution in [2.24, 2.45) is 0 Å². The molecule has 0 saturated carbocycles. The van der Waals surface area contributed by atoms with E-state index in [0.717, 1.165) is 32.2 Å². The molecule has 29 heavy (non-hydrogen) atoms. The molecule has 0 saturated heterocycles. The van der Waals surface area contributed by atoms with Crippen LogP contribution in [-0.2, 0) is 13.0 Å². The number of anilines is 1. The first-order valence-electron chi connectivity index (χ1n) is 10.0. The predicted octanol–water partition coefficient (Wildman–Crippen LogP) is 4.48. The Morgan fingerprint density at radius 3 is 2.66 bits per heavy atom. The summed E-state index contributed by atoms with van der Waals surface area (Å²) in [5.74, 6) is 1.71. The number of ether oxygens (including phenoxy) is 1. The average molecular weight is 391 g/mol. The van der Waals surface area contributed by atoms with Crippen molar-refractivity contribution in [3.63, 3.8) is 0 Å². The third-order valence-electron chi connectivity index (χ3n) is 4.79. The molecule has 1 aromatic carbocycles. The quantitative estimate of drug-likeness (QED) is 0.423. The van der Waals surface area contributed by atoms with E-state index < -0.39 is 0 Å². The Labute approximate surface area is 169 Å². The maximum absolute atomic E-state index is 6.19. The lowest BCUT2D eigenvalue weighted by molar-refractivity contribution is 0.297. The lowest BCUT2D eigenvalue weighted by Crippen LogP contribution is -2.07. The summed E-state index contributed by atoms with van der Waals surface area (Å²) in [6, 6.07) is 14.2. The maximum Gasteiger partial charge on any atom is 0.320 e. The van der Waals surface area contributed by atoms with Crippen molar-refractivity contribution in [2.75, 3.05) is 12.3 Å². The minimum absolute atomic E-state index is 0.272. The number of fused-ring (bicyclic) bond motifs is 1. The number of rotatable bonds is 9. The fraction of sp³-hybridized carbons (Fsp3) is 0.318. The van der Waals surface area contributed by atoms with E-state index in [2.05, 4.69) is 34.0 Å². The molecule has 2 N–H and O–H groups in total. The van der Waals surface area contributed by atoms with Gasteiger partial charge in [0.05, 0.1) is 12.9 Å². The molecule has 3 heterocycles. The van der Waals surface area contributed by atoms with Crippen LogP contribution in [0.2, 0.25) is 0 Å². The molecule has 0 aliphatic carbocycles. The fourth-order valence-electron chi connectivity index (χ4n) is 3.30. The first-order valence-corrected chi connectivity index (χ1v) is 10.0. The van der Waals surface area contributed by atoms with Crippen LogP contribution in [-0.4, -0.2) is 26.1 Å². The third-order valence-corrected chi connectivity index (χ3v) is 4.79. The van der Waals surface area contributed by atoms with Crippen molar-refractivity contribution in [1.82, 2.24) is 19.5 Å². The second-order valence-electron chi connectivity index (χ2n) is 6.92. The topological polar surface area (TPSA) is 92.0 Å². The molecule has 0 bridgehead atoms. The number of hydrogen-bond acceptors (Lipinski definition) is 6.